The van der Waals surface area contributed by atoms with E-state index in [2.05, 4.69) is 32.0 Å². The molecule has 2 fully saturated rings. The first-order valence-electron chi connectivity index (χ1n) is 8.93. The first-order chi connectivity index (χ1) is 11.4. The van der Waals surface area contributed by atoms with Gasteiger partial charge in [-0.3, -0.25) is 4.79 Å². The Bertz CT molecular complexity index is 726. The number of likely N-dealkylation sites (tertiary alicyclic amines) is 1. The summed E-state index contributed by atoms with van der Waals surface area (Å²) in [6.07, 6.45) is 4.19. The molecule has 4 nitrogen and oxygen atoms in total. The van der Waals surface area contributed by atoms with Crippen LogP contribution in [0.3, 0.4) is 0 Å². The van der Waals surface area contributed by atoms with Crippen LogP contribution in [-0.4, -0.2) is 37.3 Å². The van der Waals surface area contributed by atoms with Gasteiger partial charge in [-0.25, -0.2) is 8.42 Å². The van der Waals surface area contributed by atoms with E-state index < -0.39 is 9.84 Å². The highest BCUT2D eigenvalue weighted by atomic mass is 32.2. The third kappa shape index (κ3) is 3.66. The minimum absolute atomic E-state index is 0.00341. The predicted octanol–water partition coefficient (Wildman–Crippen LogP) is 3.18. The highest BCUT2D eigenvalue weighted by Gasteiger charge is 2.34. The van der Waals surface area contributed by atoms with E-state index in [9.17, 15) is 13.2 Å². The fraction of sp³-hybridized carbons (Fsp3) is 0.632. The van der Waals surface area contributed by atoms with Gasteiger partial charge in [-0.2, -0.15) is 0 Å². The molecular formula is C19H27NO3S. The van der Waals surface area contributed by atoms with Crippen molar-refractivity contribution in [2.24, 2.45) is 5.92 Å². The molecule has 1 aromatic rings. The molecule has 0 aliphatic carbocycles. The molecule has 0 spiro atoms. The molecule has 2 saturated heterocycles. The van der Waals surface area contributed by atoms with Crippen molar-refractivity contribution in [1.82, 2.24) is 4.90 Å². The molecular weight excluding hydrogens is 322 g/mol. The smallest absolute Gasteiger partial charge is 0.223 e. The number of piperidine rings is 1. The van der Waals surface area contributed by atoms with Gasteiger partial charge in [-0.05, 0) is 62.1 Å². The Kier molecular flexibility index (Phi) is 5.00. The molecule has 0 saturated carbocycles. The highest BCUT2D eigenvalue weighted by Crippen LogP contribution is 2.35. The molecule has 24 heavy (non-hydrogen) atoms. The second kappa shape index (κ2) is 6.87. The number of carbonyl (C=O) groups is 1. The SMILES string of the molecule is Cc1cccc([C@H]2CCCCN2C(=O)C[C@@H]2CCS(=O)(=O)C2)c1C. The largest absolute Gasteiger partial charge is 0.336 e. The summed E-state index contributed by atoms with van der Waals surface area (Å²) in [5.74, 6) is 0.554. The second-order valence-electron chi connectivity index (χ2n) is 7.36. The lowest BCUT2D eigenvalue weighted by Gasteiger charge is -2.37. The van der Waals surface area contributed by atoms with Gasteiger partial charge in [0.25, 0.3) is 0 Å². The Labute approximate surface area is 145 Å². The lowest BCUT2D eigenvalue weighted by molar-refractivity contribution is -0.135. The summed E-state index contributed by atoms with van der Waals surface area (Å²) < 4.78 is 23.3. The maximum Gasteiger partial charge on any atom is 0.223 e. The van der Waals surface area contributed by atoms with Gasteiger partial charge in [-0.1, -0.05) is 18.2 Å². The Morgan fingerprint density at radius 3 is 2.71 bits per heavy atom. The standard InChI is InChI=1S/C19H27NO3S/c1-14-6-5-7-17(15(14)2)18-8-3-4-10-20(18)19(21)12-16-9-11-24(22,23)13-16/h5-7,16,18H,3-4,8-13H2,1-2H3/t16-,18+/m0/s1. The first-order valence-corrected chi connectivity index (χ1v) is 10.8. The Balaban J connectivity index is 1.77. The maximum absolute atomic E-state index is 12.9. The minimum atomic E-state index is -2.92. The van der Waals surface area contributed by atoms with Crippen LogP contribution >= 0.6 is 0 Å². The summed E-state index contributed by atoms with van der Waals surface area (Å²) in [6, 6.07) is 6.46. The molecule has 132 valence electrons. The minimum Gasteiger partial charge on any atom is -0.336 e. The third-order valence-electron chi connectivity index (χ3n) is 5.62. The van der Waals surface area contributed by atoms with Crippen molar-refractivity contribution in [3.05, 3.63) is 34.9 Å². The van der Waals surface area contributed by atoms with E-state index in [1.54, 1.807) is 0 Å². The van der Waals surface area contributed by atoms with Crippen molar-refractivity contribution in [1.29, 1.82) is 0 Å². The number of hydrogen-bond acceptors (Lipinski definition) is 3. The van der Waals surface area contributed by atoms with Crippen molar-refractivity contribution in [2.75, 3.05) is 18.1 Å². The molecule has 5 heteroatoms. The molecule has 1 aromatic carbocycles. The maximum atomic E-state index is 12.9. The van der Waals surface area contributed by atoms with E-state index in [0.717, 1.165) is 25.8 Å². The third-order valence-corrected chi connectivity index (χ3v) is 7.46. The van der Waals surface area contributed by atoms with Gasteiger partial charge in [0.2, 0.25) is 5.91 Å². The Morgan fingerprint density at radius 1 is 1.21 bits per heavy atom. The van der Waals surface area contributed by atoms with Gasteiger partial charge >= 0.3 is 0 Å². The summed E-state index contributed by atoms with van der Waals surface area (Å²) in [5.41, 5.74) is 3.78. The lowest BCUT2D eigenvalue weighted by atomic mass is 9.89. The second-order valence-corrected chi connectivity index (χ2v) is 9.59. The number of hydrogen-bond donors (Lipinski definition) is 0. The number of amides is 1. The molecule has 3 rings (SSSR count). The van der Waals surface area contributed by atoms with Crippen molar-refractivity contribution < 1.29 is 13.2 Å². The zero-order valence-corrected chi connectivity index (χ0v) is 15.4. The van der Waals surface area contributed by atoms with Gasteiger partial charge < -0.3 is 4.90 Å². The van der Waals surface area contributed by atoms with E-state index in [1.807, 2.05) is 4.90 Å². The van der Waals surface area contributed by atoms with Crippen LogP contribution in [0.15, 0.2) is 18.2 Å². The highest BCUT2D eigenvalue weighted by molar-refractivity contribution is 7.91. The average molecular weight is 349 g/mol. The fourth-order valence-corrected chi connectivity index (χ4v) is 5.95. The molecule has 2 atom stereocenters. The van der Waals surface area contributed by atoms with Crippen LogP contribution in [0.25, 0.3) is 0 Å². The van der Waals surface area contributed by atoms with Crippen molar-refractivity contribution in [3.8, 4) is 0 Å². The molecule has 0 aromatic heterocycles. The molecule has 0 bridgehead atoms. The summed E-state index contributed by atoms with van der Waals surface area (Å²) in [7, 11) is -2.92. The van der Waals surface area contributed by atoms with Gasteiger partial charge in [-0.15, -0.1) is 0 Å². The topological polar surface area (TPSA) is 54.5 Å². The van der Waals surface area contributed by atoms with E-state index in [4.69, 9.17) is 0 Å². The van der Waals surface area contributed by atoms with Crippen molar-refractivity contribution in [3.63, 3.8) is 0 Å². The van der Waals surface area contributed by atoms with Crippen LogP contribution in [0, 0.1) is 19.8 Å². The molecule has 0 radical (unpaired) electrons. The average Bonchev–Trinajstić information content (AvgIpc) is 2.89. The molecule has 0 N–H and O–H groups in total. The van der Waals surface area contributed by atoms with Crippen LogP contribution < -0.4 is 0 Å². The Morgan fingerprint density at radius 2 is 2.00 bits per heavy atom. The number of nitrogens with zero attached hydrogens (tertiary/aromatic N) is 1. The van der Waals surface area contributed by atoms with Gasteiger partial charge in [0.05, 0.1) is 17.5 Å². The van der Waals surface area contributed by atoms with E-state index in [1.165, 1.54) is 16.7 Å². The fourth-order valence-electron chi connectivity index (χ4n) is 4.09. The zero-order valence-electron chi connectivity index (χ0n) is 14.6. The van der Waals surface area contributed by atoms with Crippen LogP contribution in [-0.2, 0) is 14.6 Å². The normalized spacial score (nSPS) is 26.5. The molecule has 2 aliphatic rings. The van der Waals surface area contributed by atoms with E-state index >= 15 is 0 Å². The number of benzene rings is 1. The van der Waals surface area contributed by atoms with E-state index in [-0.39, 0.29) is 29.4 Å². The van der Waals surface area contributed by atoms with Gasteiger partial charge in [0.1, 0.15) is 0 Å². The number of rotatable bonds is 3. The Hall–Kier alpha value is -1.36. The van der Waals surface area contributed by atoms with E-state index in [0.29, 0.717) is 12.8 Å². The monoisotopic (exact) mass is 349 g/mol. The summed E-state index contributed by atoms with van der Waals surface area (Å²) in [4.78, 5) is 14.9. The molecule has 2 heterocycles. The van der Waals surface area contributed by atoms with Crippen molar-refractivity contribution in [2.45, 2.75) is 52.0 Å². The first kappa shape index (κ1) is 17.5. The number of sulfone groups is 1. The van der Waals surface area contributed by atoms with Crippen molar-refractivity contribution >= 4 is 15.7 Å². The number of aryl methyl sites for hydroxylation is 1. The van der Waals surface area contributed by atoms with Gasteiger partial charge in [0, 0.05) is 13.0 Å². The lowest BCUT2D eigenvalue weighted by Crippen LogP contribution is -2.39. The van der Waals surface area contributed by atoms with Crippen LogP contribution in [0.5, 0.6) is 0 Å². The quantitative estimate of drug-likeness (QED) is 0.842. The summed E-state index contributed by atoms with van der Waals surface area (Å²) >= 11 is 0. The molecule has 2 aliphatic heterocycles. The summed E-state index contributed by atoms with van der Waals surface area (Å²) in [5, 5.41) is 0. The summed E-state index contributed by atoms with van der Waals surface area (Å²) in [6.45, 7) is 5.03. The number of carbonyl (C=O) groups excluding carboxylic acids is 1. The molecule has 0 unspecified atom stereocenters. The predicted molar refractivity (Wildman–Crippen MR) is 95.6 cm³/mol. The van der Waals surface area contributed by atoms with Crippen LogP contribution in [0.1, 0.15) is 54.8 Å². The molecule has 1 amide bonds. The van der Waals surface area contributed by atoms with Gasteiger partial charge in [0.15, 0.2) is 9.84 Å². The van der Waals surface area contributed by atoms with Crippen LogP contribution in [0.2, 0.25) is 0 Å². The van der Waals surface area contributed by atoms with Crippen LogP contribution in [0.4, 0.5) is 0 Å². The zero-order chi connectivity index (χ0) is 17.3.